The van der Waals surface area contributed by atoms with Crippen molar-refractivity contribution in [2.75, 3.05) is 13.2 Å². The van der Waals surface area contributed by atoms with Crippen LogP contribution in [0.25, 0.3) is 0 Å². The molecule has 0 saturated carbocycles. The number of carbonyl (C=O) groups is 1. The Bertz CT molecular complexity index is 632. The summed E-state index contributed by atoms with van der Waals surface area (Å²) in [6.07, 6.45) is 13.8. The summed E-state index contributed by atoms with van der Waals surface area (Å²) in [7, 11) is 0. The molecule has 9 heteroatoms. The van der Waals surface area contributed by atoms with Gasteiger partial charge < -0.3 is 40.3 Å². The molecule has 9 nitrogen and oxygen atoms in total. The van der Waals surface area contributed by atoms with E-state index in [4.69, 9.17) is 9.47 Å². The largest absolute Gasteiger partial charge is 0.394 e. The maximum Gasteiger partial charge on any atom is 0.220 e. The fourth-order valence-electron chi connectivity index (χ4n) is 4.78. The lowest BCUT2D eigenvalue weighted by Crippen LogP contribution is -2.60. The number of amides is 1. The smallest absolute Gasteiger partial charge is 0.220 e. The third-order valence-electron chi connectivity index (χ3n) is 7.35. The number of aliphatic hydroxyl groups is 5. The van der Waals surface area contributed by atoms with Crippen molar-refractivity contribution in [3.05, 3.63) is 12.2 Å². The van der Waals surface area contributed by atoms with E-state index in [1.54, 1.807) is 0 Å². The summed E-state index contributed by atoms with van der Waals surface area (Å²) in [5, 5.41) is 52.7. The first kappa shape index (κ1) is 36.0. The van der Waals surface area contributed by atoms with E-state index < -0.39 is 49.5 Å². The van der Waals surface area contributed by atoms with Crippen molar-refractivity contribution in [3.63, 3.8) is 0 Å². The van der Waals surface area contributed by atoms with Crippen LogP contribution in [0.1, 0.15) is 117 Å². The van der Waals surface area contributed by atoms with Gasteiger partial charge in [-0.05, 0) is 38.5 Å². The lowest BCUT2D eigenvalue weighted by Gasteiger charge is -2.40. The van der Waals surface area contributed by atoms with E-state index in [2.05, 4.69) is 24.4 Å². The van der Waals surface area contributed by atoms with Crippen LogP contribution in [-0.2, 0) is 14.3 Å². The van der Waals surface area contributed by atoms with Gasteiger partial charge in [0, 0.05) is 6.42 Å². The van der Waals surface area contributed by atoms with Crippen molar-refractivity contribution < 1.29 is 39.8 Å². The highest BCUT2D eigenvalue weighted by Crippen LogP contribution is 2.22. The SMILES string of the molecule is CCCCCCCCC=CCCCCCCCC(=O)NC(CO[C@H]1OC(CO)[C@H](O)C(O)C1O)C(O)CCC. The second-order valence-electron chi connectivity index (χ2n) is 10.9. The number of hydrogen-bond donors (Lipinski definition) is 6. The number of carbonyl (C=O) groups excluding carboxylic acids is 1. The fourth-order valence-corrected chi connectivity index (χ4v) is 4.78. The molecule has 1 aliphatic heterocycles. The summed E-state index contributed by atoms with van der Waals surface area (Å²) in [6.45, 7) is 3.46. The second-order valence-corrected chi connectivity index (χ2v) is 10.9. The van der Waals surface area contributed by atoms with E-state index in [-0.39, 0.29) is 12.5 Å². The molecule has 1 heterocycles. The Morgan fingerprint density at radius 2 is 1.44 bits per heavy atom. The molecule has 1 rings (SSSR count). The van der Waals surface area contributed by atoms with Gasteiger partial charge >= 0.3 is 0 Å². The molecule has 230 valence electrons. The summed E-state index contributed by atoms with van der Waals surface area (Å²) in [4.78, 5) is 12.5. The molecule has 7 atom stereocenters. The number of ether oxygens (including phenoxy) is 2. The van der Waals surface area contributed by atoms with Crippen molar-refractivity contribution in [2.45, 2.75) is 159 Å². The van der Waals surface area contributed by atoms with Crippen LogP contribution in [0, 0.1) is 0 Å². The first-order chi connectivity index (χ1) is 18.8. The fraction of sp³-hybridized carbons (Fsp3) is 0.900. The molecule has 6 N–H and O–H groups in total. The number of unbranched alkanes of at least 4 members (excludes halogenated alkanes) is 11. The first-order valence-corrected chi connectivity index (χ1v) is 15.4. The molecule has 1 aliphatic rings. The molecule has 1 amide bonds. The van der Waals surface area contributed by atoms with Crippen molar-refractivity contribution in [3.8, 4) is 0 Å². The minimum absolute atomic E-state index is 0.151. The van der Waals surface area contributed by atoms with Crippen LogP contribution >= 0.6 is 0 Å². The van der Waals surface area contributed by atoms with Gasteiger partial charge in [-0.2, -0.15) is 0 Å². The van der Waals surface area contributed by atoms with Gasteiger partial charge in [0.15, 0.2) is 6.29 Å². The van der Waals surface area contributed by atoms with E-state index in [1.807, 2.05) is 6.92 Å². The highest BCUT2D eigenvalue weighted by atomic mass is 16.7. The monoisotopic (exact) mass is 559 g/mol. The molecule has 0 aliphatic carbocycles. The van der Waals surface area contributed by atoms with Gasteiger partial charge in [0.2, 0.25) is 5.91 Å². The molecule has 0 aromatic heterocycles. The number of rotatable bonds is 23. The van der Waals surface area contributed by atoms with Crippen LogP contribution in [-0.4, -0.2) is 87.5 Å². The lowest BCUT2D eigenvalue weighted by atomic mass is 9.99. The molecule has 0 radical (unpaired) electrons. The predicted molar refractivity (Wildman–Crippen MR) is 152 cm³/mol. The molecular weight excluding hydrogens is 502 g/mol. The number of aliphatic hydroxyl groups excluding tert-OH is 5. The van der Waals surface area contributed by atoms with Gasteiger partial charge in [-0.25, -0.2) is 0 Å². The average Bonchev–Trinajstić information content (AvgIpc) is 2.92. The average molecular weight is 560 g/mol. The standard InChI is InChI=1S/C30H57NO8/c1-3-5-6-7-8-9-10-11-12-13-14-15-16-17-18-20-26(34)31-23(24(33)19-4-2)22-38-30-29(37)28(36)27(35)25(21-32)39-30/h11-12,23-25,27-30,32-33,35-37H,3-10,13-22H2,1-2H3,(H,31,34)/t23?,24?,25?,27-,28?,29?,30-/m0/s1. The van der Waals surface area contributed by atoms with E-state index in [1.165, 1.54) is 51.4 Å². The quantitative estimate of drug-likeness (QED) is 0.0823. The summed E-state index contributed by atoms with van der Waals surface area (Å²) in [5.74, 6) is -0.176. The molecule has 0 bridgehead atoms. The van der Waals surface area contributed by atoms with E-state index in [0.717, 1.165) is 32.1 Å². The third kappa shape index (κ3) is 15.5. The molecule has 0 aromatic rings. The van der Waals surface area contributed by atoms with Gasteiger partial charge in [-0.3, -0.25) is 4.79 Å². The van der Waals surface area contributed by atoms with Crippen LogP contribution in [0.4, 0.5) is 0 Å². The Kier molecular flexibility index (Phi) is 20.8. The molecule has 1 fully saturated rings. The van der Waals surface area contributed by atoms with Crippen molar-refractivity contribution in [1.29, 1.82) is 0 Å². The second kappa shape index (κ2) is 22.6. The molecule has 5 unspecified atom stereocenters. The number of nitrogens with one attached hydrogen (secondary N) is 1. The number of hydrogen-bond acceptors (Lipinski definition) is 8. The zero-order valence-electron chi connectivity index (χ0n) is 24.4. The Morgan fingerprint density at radius 3 is 2.03 bits per heavy atom. The van der Waals surface area contributed by atoms with Gasteiger partial charge in [0.05, 0.1) is 25.4 Å². The predicted octanol–water partition coefficient (Wildman–Crippen LogP) is 3.49. The Balaban J connectivity index is 2.25. The summed E-state index contributed by atoms with van der Waals surface area (Å²) in [5.41, 5.74) is 0. The molecule has 1 saturated heterocycles. The third-order valence-corrected chi connectivity index (χ3v) is 7.35. The van der Waals surface area contributed by atoms with Crippen molar-refractivity contribution in [1.82, 2.24) is 5.32 Å². The number of allylic oxidation sites excluding steroid dienone is 2. The maximum atomic E-state index is 12.5. The van der Waals surface area contributed by atoms with Crippen LogP contribution < -0.4 is 5.32 Å². The van der Waals surface area contributed by atoms with Gasteiger partial charge in [-0.1, -0.05) is 83.8 Å². The highest BCUT2D eigenvalue weighted by molar-refractivity contribution is 5.76. The summed E-state index contributed by atoms with van der Waals surface area (Å²) >= 11 is 0. The Hall–Kier alpha value is -1.07. The summed E-state index contributed by atoms with van der Waals surface area (Å²) in [6, 6.07) is -0.715. The van der Waals surface area contributed by atoms with Gasteiger partial charge in [-0.15, -0.1) is 0 Å². The van der Waals surface area contributed by atoms with Crippen LogP contribution in [0.15, 0.2) is 12.2 Å². The maximum absolute atomic E-state index is 12.5. The van der Waals surface area contributed by atoms with E-state index >= 15 is 0 Å². The van der Waals surface area contributed by atoms with Crippen molar-refractivity contribution >= 4 is 5.91 Å². The minimum Gasteiger partial charge on any atom is -0.394 e. The topological polar surface area (TPSA) is 149 Å². The van der Waals surface area contributed by atoms with Crippen LogP contribution in [0.5, 0.6) is 0 Å². The van der Waals surface area contributed by atoms with Crippen LogP contribution in [0.2, 0.25) is 0 Å². The van der Waals surface area contributed by atoms with Crippen molar-refractivity contribution in [2.24, 2.45) is 0 Å². The molecular formula is C30H57NO8. The summed E-state index contributed by atoms with van der Waals surface area (Å²) < 4.78 is 10.9. The minimum atomic E-state index is -1.55. The molecule has 39 heavy (non-hydrogen) atoms. The van der Waals surface area contributed by atoms with Gasteiger partial charge in [0.1, 0.15) is 24.4 Å². The van der Waals surface area contributed by atoms with E-state index in [0.29, 0.717) is 19.3 Å². The highest BCUT2D eigenvalue weighted by Gasteiger charge is 2.44. The van der Waals surface area contributed by atoms with Gasteiger partial charge in [0.25, 0.3) is 0 Å². The lowest BCUT2D eigenvalue weighted by molar-refractivity contribution is -0.302. The Morgan fingerprint density at radius 1 is 0.846 bits per heavy atom. The zero-order chi connectivity index (χ0) is 28.9. The zero-order valence-corrected chi connectivity index (χ0v) is 24.4. The normalized spacial score (nSPS) is 25.2. The van der Waals surface area contributed by atoms with Crippen LogP contribution in [0.3, 0.4) is 0 Å². The Labute approximate surface area is 236 Å². The van der Waals surface area contributed by atoms with E-state index in [9.17, 15) is 30.3 Å². The molecule has 0 aromatic carbocycles. The molecule has 0 spiro atoms. The first-order valence-electron chi connectivity index (χ1n) is 15.4.